The van der Waals surface area contributed by atoms with Gasteiger partial charge < -0.3 is 21.7 Å². The number of nitrogens with two attached hydrogens (primary N) is 2. The van der Waals surface area contributed by atoms with Crippen molar-refractivity contribution in [3.8, 4) is 0 Å². The molecule has 0 spiro atoms. The lowest BCUT2D eigenvalue weighted by Gasteiger charge is -2.03. The topological polar surface area (TPSA) is 144 Å². The standard InChI is InChI=1S/C9H8O3.C6H14N2O2/c10-8(9(11)12)6-7-4-2-1-3-5-7;7-4-2-1-3-5(8)6(9)10/h1-5H,6H2,(H,11,12);5H,1-4,7-8H2,(H,9,10)/t;5-/m.0/s1. The minimum Gasteiger partial charge on any atom is -0.480 e. The highest BCUT2D eigenvalue weighted by Crippen LogP contribution is 1.99. The molecular formula is C15H22N2O5. The molecule has 0 aliphatic heterocycles. The molecule has 1 atom stereocenters. The molecule has 0 bridgehead atoms. The van der Waals surface area contributed by atoms with Crippen LogP contribution in [-0.2, 0) is 20.8 Å². The van der Waals surface area contributed by atoms with Crippen molar-refractivity contribution in [2.75, 3.05) is 6.54 Å². The summed E-state index contributed by atoms with van der Waals surface area (Å²) in [5, 5.41) is 16.6. The van der Waals surface area contributed by atoms with Gasteiger partial charge in [-0.1, -0.05) is 36.8 Å². The molecule has 0 aliphatic carbocycles. The van der Waals surface area contributed by atoms with E-state index in [4.69, 9.17) is 21.7 Å². The average molecular weight is 310 g/mol. The molecule has 0 saturated carbocycles. The molecule has 1 aromatic rings. The van der Waals surface area contributed by atoms with Crippen LogP contribution in [0.5, 0.6) is 0 Å². The summed E-state index contributed by atoms with van der Waals surface area (Å²) in [6.07, 6.45) is 2.13. The summed E-state index contributed by atoms with van der Waals surface area (Å²) in [5.41, 5.74) is 11.1. The summed E-state index contributed by atoms with van der Waals surface area (Å²) in [6, 6.07) is 8.08. The van der Waals surface area contributed by atoms with Crippen LogP contribution in [0, 0.1) is 0 Å². The van der Waals surface area contributed by atoms with E-state index < -0.39 is 23.8 Å². The first-order valence-corrected chi connectivity index (χ1v) is 6.87. The average Bonchev–Trinajstić information content (AvgIpc) is 2.48. The Morgan fingerprint density at radius 3 is 2.09 bits per heavy atom. The van der Waals surface area contributed by atoms with Gasteiger partial charge in [0.1, 0.15) is 6.04 Å². The van der Waals surface area contributed by atoms with Crippen LogP contribution in [0.3, 0.4) is 0 Å². The van der Waals surface area contributed by atoms with E-state index in [1.165, 1.54) is 0 Å². The maximum absolute atomic E-state index is 10.7. The van der Waals surface area contributed by atoms with Gasteiger partial charge >= 0.3 is 11.9 Å². The van der Waals surface area contributed by atoms with E-state index >= 15 is 0 Å². The smallest absolute Gasteiger partial charge is 0.372 e. The predicted molar refractivity (Wildman–Crippen MR) is 81.3 cm³/mol. The number of benzene rings is 1. The number of hydrogen-bond donors (Lipinski definition) is 4. The molecule has 0 aliphatic rings. The Hall–Kier alpha value is -2.25. The number of hydrogen-bond acceptors (Lipinski definition) is 5. The number of unbranched alkanes of at least 4 members (excludes halogenated alkanes) is 1. The zero-order valence-electron chi connectivity index (χ0n) is 12.3. The van der Waals surface area contributed by atoms with E-state index in [2.05, 4.69) is 0 Å². The van der Waals surface area contributed by atoms with Crippen LogP contribution in [0.1, 0.15) is 24.8 Å². The first-order valence-electron chi connectivity index (χ1n) is 6.87. The Bertz CT molecular complexity index is 476. The van der Waals surface area contributed by atoms with Gasteiger partial charge in [-0.3, -0.25) is 9.59 Å². The van der Waals surface area contributed by atoms with Crippen molar-refractivity contribution in [2.45, 2.75) is 31.7 Å². The van der Waals surface area contributed by atoms with Gasteiger partial charge in [-0.2, -0.15) is 0 Å². The normalized spacial score (nSPS) is 11.0. The molecule has 0 saturated heterocycles. The third kappa shape index (κ3) is 9.62. The van der Waals surface area contributed by atoms with Crippen molar-refractivity contribution in [1.29, 1.82) is 0 Å². The fraction of sp³-hybridized carbons (Fsp3) is 0.400. The lowest BCUT2D eigenvalue weighted by atomic mass is 10.1. The summed E-state index contributed by atoms with van der Waals surface area (Å²) < 4.78 is 0. The Labute approximate surface area is 128 Å². The Morgan fingerprint density at radius 2 is 1.64 bits per heavy atom. The summed E-state index contributed by atoms with van der Waals surface area (Å²) in [7, 11) is 0. The number of carboxylic acids is 2. The molecule has 0 fully saturated rings. The van der Waals surface area contributed by atoms with E-state index in [1.807, 2.05) is 6.07 Å². The number of aliphatic carboxylic acids is 2. The molecule has 0 amide bonds. The lowest BCUT2D eigenvalue weighted by Crippen LogP contribution is -2.29. The van der Waals surface area contributed by atoms with E-state index in [9.17, 15) is 14.4 Å². The van der Waals surface area contributed by atoms with Gasteiger partial charge in [0.2, 0.25) is 5.78 Å². The van der Waals surface area contributed by atoms with Crippen molar-refractivity contribution in [3.05, 3.63) is 35.9 Å². The number of Topliss-reactive ketones (excluding diaryl/α,β-unsaturated/α-hetero) is 1. The molecule has 1 aromatic carbocycles. The van der Waals surface area contributed by atoms with Gasteiger partial charge in [0.25, 0.3) is 0 Å². The van der Waals surface area contributed by atoms with Crippen molar-refractivity contribution < 1.29 is 24.6 Å². The lowest BCUT2D eigenvalue weighted by molar-refractivity contribution is -0.148. The van der Waals surface area contributed by atoms with Crippen LogP contribution < -0.4 is 11.5 Å². The number of carbonyl (C=O) groups excluding carboxylic acids is 1. The van der Waals surface area contributed by atoms with Gasteiger partial charge in [-0.15, -0.1) is 0 Å². The second-order valence-electron chi connectivity index (χ2n) is 4.62. The summed E-state index contributed by atoms with van der Waals surface area (Å²) in [4.78, 5) is 31.0. The molecule has 0 unspecified atom stereocenters. The zero-order chi connectivity index (χ0) is 17.0. The van der Waals surface area contributed by atoms with Gasteiger partial charge in [0.05, 0.1) is 0 Å². The number of carboxylic acid groups (broad SMARTS) is 2. The minimum absolute atomic E-state index is 0.0316. The van der Waals surface area contributed by atoms with Crippen molar-refractivity contribution in [3.63, 3.8) is 0 Å². The van der Waals surface area contributed by atoms with Crippen molar-refractivity contribution >= 4 is 17.7 Å². The maximum atomic E-state index is 10.7. The molecule has 0 radical (unpaired) electrons. The van der Waals surface area contributed by atoms with Gasteiger partial charge in [0, 0.05) is 6.42 Å². The quantitative estimate of drug-likeness (QED) is 0.402. The summed E-state index contributed by atoms with van der Waals surface area (Å²) in [5.74, 6) is -3.09. The zero-order valence-corrected chi connectivity index (χ0v) is 12.3. The second kappa shape index (κ2) is 11.4. The fourth-order valence-electron chi connectivity index (χ4n) is 1.49. The monoisotopic (exact) mass is 310 g/mol. The summed E-state index contributed by atoms with van der Waals surface area (Å²) in [6.45, 7) is 0.604. The fourth-order valence-corrected chi connectivity index (χ4v) is 1.49. The summed E-state index contributed by atoms with van der Waals surface area (Å²) >= 11 is 0. The molecule has 122 valence electrons. The highest BCUT2D eigenvalue weighted by molar-refractivity contribution is 6.33. The van der Waals surface area contributed by atoms with Gasteiger partial charge in [-0.25, -0.2) is 4.79 Å². The van der Waals surface area contributed by atoms with Gasteiger partial charge in [0.15, 0.2) is 0 Å². The maximum Gasteiger partial charge on any atom is 0.372 e. The number of rotatable bonds is 8. The van der Waals surface area contributed by atoms with E-state index in [0.717, 1.165) is 18.4 Å². The Balaban J connectivity index is 0.000000409. The first kappa shape index (κ1) is 19.8. The minimum atomic E-state index is -1.38. The highest BCUT2D eigenvalue weighted by atomic mass is 16.4. The van der Waals surface area contributed by atoms with E-state index in [0.29, 0.717) is 13.0 Å². The predicted octanol–water partition coefficient (Wildman–Crippen LogP) is 0.410. The molecule has 0 aromatic heterocycles. The first-order chi connectivity index (χ1) is 10.4. The third-order valence-corrected chi connectivity index (χ3v) is 2.73. The largest absolute Gasteiger partial charge is 0.480 e. The number of carbonyl (C=O) groups is 3. The van der Waals surface area contributed by atoms with Crippen LogP contribution in [0.15, 0.2) is 30.3 Å². The SMILES string of the molecule is NCCCC[C@H](N)C(=O)O.O=C(O)C(=O)Cc1ccccc1. The highest BCUT2D eigenvalue weighted by Gasteiger charge is 2.11. The number of ketones is 1. The molecule has 0 heterocycles. The molecule has 1 rings (SSSR count). The van der Waals surface area contributed by atoms with Crippen molar-refractivity contribution in [1.82, 2.24) is 0 Å². The molecule has 7 heteroatoms. The van der Waals surface area contributed by atoms with Crippen LogP contribution >= 0.6 is 0 Å². The molecular weight excluding hydrogens is 288 g/mol. The Kier molecular flexibility index (Phi) is 10.2. The Morgan fingerprint density at radius 1 is 1.05 bits per heavy atom. The second-order valence-corrected chi connectivity index (χ2v) is 4.62. The van der Waals surface area contributed by atoms with E-state index in [-0.39, 0.29) is 6.42 Å². The van der Waals surface area contributed by atoms with Crippen LogP contribution in [-0.4, -0.2) is 40.5 Å². The van der Waals surface area contributed by atoms with Crippen molar-refractivity contribution in [2.24, 2.45) is 11.5 Å². The third-order valence-electron chi connectivity index (χ3n) is 2.73. The van der Waals surface area contributed by atoms with E-state index in [1.54, 1.807) is 24.3 Å². The van der Waals surface area contributed by atoms with Crippen LogP contribution in [0.4, 0.5) is 0 Å². The molecule has 22 heavy (non-hydrogen) atoms. The van der Waals surface area contributed by atoms with Crippen LogP contribution in [0.25, 0.3) is 0 Å². The molecule has 6 N–H and O–H groups in total. The van der Waals surface area contributed by atoms with Gasteiger partial charge in [-0.05, 0) is 24.9 Å². The van der Waals surface area contributed by atoms with Crippen LogP contribution in [0.2, 0.25) is 0 Å². The molecule has 7 nitrogen and oxygen atoms in total.